The number of carbonyl (C=O) groups excluding carboxylic acids is 2. The molecule has 0 fully saturated rings. The summed E-state index contributed by atoms with van der Waals surface area (Å²) in [5.41, 5.74) is 2.77. The lowest BCUT2D eigenvalue weighted by Gasteiger charge is -2.27. The summed E-state index contributed by atoms with van der Waals surface area (Å²) >= 11 is 0. The number of hydrogen-bond donors (Lipinski definition) is 1. The average Bonchev–Trinajstić information content (AvgIpc) is 2.77. The summed E-state index contributed by atoms with van der Waals surface area (Å²) in [6, 6.07) is 21.1. The molecule has 3 aromatic carbocycles. The third-order valence-corrected chi connectivity index (χ3v) is 5.81. The number of para-hydroxylation sites is 2. The Kier molecular flexibility index (Phi) is 4.86. The molecule has 154 valence electrons. The maximum absolute atomic E-state index is 13.2. The second kappa shape index (κ2) is 7.84. The maximum atomic E-state index is 13.2. The number of benzene rings is 3. The summed E-state index contributed by atoms with van der Waals surface area (Å²) in [5.74, 6) is 0.365. The Morgan fingerprint density at radius 1 is 1.00 bits per heavy atom. The number of rotatable bonds is 4. The van der Waals surface area contributed by atoms with Gasteiger partial charge >= 0.3 is 0 Å². The molecule has 0 saturated heterocycles. The normalized spacial score (nSPS) is 16.7. The minimum absolute atomic E-state index is 0.0978. The zero-order valence-corrected chi connectivity index (χ0v) is 17.2. The minimum Gasteiger partial charge on any atom is -0.457 e. The highest BCUT2D eigenvalue weighted by atomic mass is 16.5. The third-order valence-electron chi connectivity index (χ3n) is 5.81. The van der Waals surface area contributed by atoms with Crippen molar-refractivity contribution >= 4 is 17.9 Å². The molecule has 2 heterocycles. The molecule has 1 unspecified atom stereocenters. The van der Waals surface area contributed by atoms with Gasteiger partial charge in [0.05, 0.1) is 17.2 Å². The van der Waals surface area contributed by atoms with E-state index in [4.69, 9.17) is 4.74 Å². The fourth-order valence-electron chi connectivity index (χ4n) is 4.23. The van der Waals surface area contributed by atoms with Crippen LogP contribution in [0.1, 0.15) is 29.0 Å². The van der Waals surface area contributed by atoms with E-state index in [1.54, 1.807) is 0 Å². The molecular formula is C26H22N2O3. The number of amides is 2. The van der Waals surface area contributed by atoms with Crippen molar-refractivity contribution in [3.63, 3.8) is 0 Å². The summed E-state index contributed by atoms with van der Waals surface area (Å²) < 4.78 is 5.97. The zero-order valence-electron chi connectivity index (χ0n) is 17.2. The smallest absolute Gasteiger partial charge is 0.253 e. The van der Waals surface area contributed by atoms with Gasteiger partial charge in [0.25, 0.3) is 5.91 Å². The molecule has 1 N–H and O–H groups in total. The molecule has 5 rings (SSSR count). The van der Waals surface area contributed by atoms with Gasteiger partial charge in [-0.1, -0.05) is 54.6 Å². The van der Waals surface area contributed by atoms with Gasteiger partial charge in [0, 0.05) is 17.7 Å². The van der Waals surface area contributed by atoms with Crippen molar-refractivity contribution in [2.24, 2.45) is 10.9 Å². The summed E-state index contributed by atoms with van der Waals surface area (Å²) in [7, 11) is 0. The van der Waals surface area contributed by atoms with Crippen LogP contribution in [-0.4, -0.2) is 18.4 Å². The van der Waals surface area contributed by atoms with E-state index in [1.165, 1.54) is 0 Å². The fourth-order valence-corrected chi connectivity index (χ4v) is 4.23. The van der Waals surface area contributed by atoms with Gasteiger partial charge in [0.15, 0.2) is 0 Å². The summed E-state index contributed by atoms with van der Waals surface area (Å²) in [5, 5.41) is 4.72. The van der Waals surface area contributed by atoms with Crippen LogP contribution in [0.5, 0.6) is 11.5 Å². The lowest BCUT2D eigenvalue weighted by atomic mass is 9.87. The summed E-state index contributed by atoms with van der Waals surface area (Å²) in [6.07, 6.45) is 2.46. The van der Waals surface area contributed by atoms with Crippen LogP contribution >= 0.6 is 0 Å². The second-order valence-corrected chi connectivity index (χ2v) is 7.98. The van der Waals surface area contributed by atoms with Crippen LogP contribution in [0.25, 0.3) is 6.08 Å². The van der Waals surface area contributed by atoms with Crippen molar-refractivity contribution in [1.82, 2.24) is 5.32 Å². The van der Waals surface area contributed by atoms with E-state index >= 15 is 0 Å². The zero-order chi connectivity index (χ0) is 21.4. The van der Waals surface area contributed by atoms with E-state index in [0.717, 1.165) is 27.3 Å². The number of ether oxygens (including phenoxy) is 1. The number of nitrogens with one attached hydrogen (secondary N) is 1. The molecule has 0 saturated carbocycles. The van der Waals surface area contributed by atoms with Gasteiger partial charge in [-0.15, -0.1) is 0 Å². The minimum atomic E-state index is -0.444. The third kappa shape index (κ3) is 3.63. The molecule has 2 aliphatic rings. The van der Waals surface area contributed by atoms with E-state index in [0.29, 0.717) is 24.5 Å². The van der Waals surface area contributed by atoms with Crippen LogP contribution in [0, 0.1) is 12.8 Å². The van der Waals surface area contributed by atoms with Crippen molar-refractivity contribution in [2.75, 3.05) is 6.54 Å². The SMILES string of the molecule is Cc1ccc2c(c1)=NC(=O)C(CCNC(=O)C1c3ccccc3Oc3ccccc31)C=2. The highest BCUT2D eigenvalue weighted by molar-refractivity contribution is 5.90. The number of hydrogen-bond acceptors (Lipinski definition) is 3. The Balaban J connectivity index is 1.33. The van der Waals surface area contributed by atoms with Crippen molar-refractivity contribution in [1.29, 1.82) is 0 Å². The van der Waals surface area contributed by atoms with Gasteiger partial charge in [-0.3, -0.25) is 9.59 Å². The standard InChI is InChI=1S/C26H22N2O3/c1-16-10-11-17-15-18(25(29)28-21(17)14-16)12-13-27-26(30)24-19-6-2-4-8-22(19)31-23-9-5-3-7-20(23)24/h2-11,14-15,18,24H,12-13H2,1H3,(H,27,30). The predicted molar refractivity (Wildman–Crippen MR) is 117 cm³/mol. The predicted octanol–water partition coefficient (Wildman–Crippen LogP) is 3.00. The summed E-state index contributed by atoms with van der Waals surface area (Å²) in [4.78, 5) is 29.9. The quantitative estimate of drug-likeness (QED) is 0.719. The van der Waals surface area contributed by atoms with E-state index in [1.807, 2.05) is 79.7 Å². The van der Waals surface area contributed by atoms with E-state index in [9.17, 15) is 9.59 Å². The molecule has 0 aromatic heterocycles. The number of carbonyl (C=O) groups is 2. The Labute approximate surface area is 180 Å². The van der Waals surface area contributed by atoms with E-state index < -0.39 is 5.92 Å². The lowest BCUT2D eigenvalue weighted by Crippen LogP contribution is -2.36. The highest BCUT2D eigenvalue weighted by Gasteiger charge is 2.32. The first-order valence-electron chi connectivity index (χ1n) is 10.4. The molecule has 0 radical (unpaired) electrons. The number of fused-ring (bicyclic) bond motifs is 3. The van der Waals surface area contributed by atoms with Crippen molar-refractivity contribution in [3.8, 4) is 11.5 Å². The Morgan fingerprint density at radius 2 is 1.68 bits per heavy atom. The van der Waals surface area contributed by atoms with Crippen LogP contribution in [0.4, 0.5) is 0 Å². The Hall–Kier alpha value is -3.73. The molecule has 1 atom stereocenters. The molecule has 0 aliphatic carbocycles. The van der Waals surface area contributed by atoms with Gasteiger partial charge in [0.2, 0.25) is 5.91 Å². The van der Waals surface area contributed by atoms with Crippen LogP contribution in [-0.2, 0) is 9.59 Å². The van der Waals surface area contributed by atoms with Crippen LogP contribution < -0.4 is 20.6 Å². The van der Waals surface area contributed by atoms with Crippen molar-refractivity contribution < 1.29 is 14.3 Å². The van der Waals surface area contributed by atoms with Gasteiger partial charge in [-0.05, 0) is 42.3 Å². The van der Waals surface area contributed by atoms with Crippen molar-refractivity contribution in [3.05, 3.63) is 94.0 Å². The van der Waals surface area contributed by atoms with Crippen LogP contribution in [0.2, 0.25) is 0 Å². The molecule has 0 spiro atoms. The molecule has 2 amide bonds. The van der Waals surface area contributed by atoms with E-state index in [2.05, 4.69) is 10.3 Å². The van der Waals surface area contributed by atoms with Gasteiger partial charge < -0.3 is 10.1 Å². The first-order chi connectivity index (χ1) is 15.1. The summed E-state index contributed by atoms with van der Waals surface area (Å²) in [6.45, 7) is 2.37. The van der Waals surface area contributed by atoms with Crippen LogP contribution in [0.15, 0.2) is 71.7 Å². The first-order valence-corrected chi connectivity index (χ1v) is 10.4. The fraction of sp³-hybridized carbons (Fsp3) is 0.192. The molecule has 2 aliphatic heterocycles. The second-order valence-electron chi connectivity index (χ2n) is 7.98. The van der Waals surface area contributed by atoms with Crippen molar-refractivity contribution in [2.45, 2.75) is 19.3 Å². The van der Waals surface area contributed by atoms with E-state index in [-0.39, 0.29) is 17.7 Å². The van der Waals surface area contributed by atoms with Gasteiger partial charge in [-0.2, -0.15) is 0 Å². The highest BCUT2D eigenvalue weighted by Crippen LogP contribution is 2.43. The first kappa shape index (κ1) is 19.2. The largest absolute Gasteiger partial charge is 0.457 e. The molecule has 5 heteroatoms. The molecule has 31 heavy (non-hydrogen) atoms. The van der Waals surface area contributed by atoms with Crippen LogP contribution in [0.3, 0.4) is 0 Å². The maximum Gasteiger partial charge on any atom is 0.253 e. The Morgan fingerprint density at radius 3 is 2.39 bits per heavy atom. The Bertz CT molecular complexity index is 1270. The number of aryl methyl sites for hydroxylation is 1. The molecule has 5 nitrogen and oxygen atoms in total. The monoisotopic (exact) mass is 410 g/mol. The molecular weight excluding hydrogens is 388 g/mol. The average molecular weight is 410 g/mol. The van der Waals surface area contributed by atoms with Gasteiger partial charge in [-0.25, -0.2) is 4.99 Å². The number of nitrogens with zero attached hydrogens (tertiary/aromatic N) is 1. The lowest BCUT2D eigenvalue weighted by molar-refractivity contribution is -0.123. The molecule has 0 bridgehead atoms. The topological polar surface area (TPSA) is 67.8 Å². The molecule has 3 aromatic rings. The van der Waals surface area contributed by atoms with Gasteiger partial charge in [0.1, 0.15) is 11.5 Å².